The molecule has 6 nitrogen and oxygen atoms in total. The van der Waals surface area contributed by atoms with Crippen molar-refractivity contribution in [3.63, 3.8) is 0 Å². The molecule has 2 aliphatic rings. The number of H-pyrrole nitrogens is 1. The van der Waals surface area contributed by atoms with Crippen LogP contribution in [0.1, 0.15) is 35.2 Å². The fourth-order valence-corrected chi connectivity index (χ4v) is 4.46. The highest BCUT2D eigenvalue weighted by Gasteiger charge is 2.24. The molecule has 6 heteroatoms. The summed E-state index contributed by atoms with van der Waals surface area (Å²) in [5.41, 5.74) is 7.27. The zero-order valence-corrected chi connectivity index (χ0v) is 16.2. The summed E-state index contributed by atoms with van der Waals surface area (Å²) in [6.45, 7) is 1.74. The highest BCUT2D eigenvalue weighted by molar-refractivity contribution is 5.83. The van der Waals surface area contributed by atoms with E-state index in [1.807, 2.05) is 6.20 Å². The molecule has 0 fully saturated rings. The first-order chi connectivity index (χ1) is 14.3. The van der Waals surface area contributed by atoms with Gasteiger partial charge in [-0.15, -0.1) is 0 Å². The summed E-state index contributed by atoms with van der Waals surface area (Å²) >= 11 is 0. The number of fused-ring (bicyclic) bond motifs is 3. The van der Waals surface area contributed by atoms with E-state index in [0.717, 1.165) is 54.3 Å². The van der Waals surface area contributed by atoms with E-state index in [-0.39, 0.29) is 0 Å². The first-order valence-corrected chi connectivity index (χ1v) is 10.3. The topological polar surface area (TPSA) is 69.7 Å². The standard InChI is InChI=1S/C23H22N6/c1-2-6-16-14-29(13-15(16)5-1)23-26-21-8-4-3-7-19(21)22(27-23)25-18-9-10-20-17(11-18)12-24-28-20/h1-2,5-6,9-12H,3-4,7-8,13-14H2,(H,24,28)(H,25,26,27). The molecule has 29 heavy (non-hydrogen) atoms. The number of aromatic nitrogens is 4. The molecule has 0 unspecified atom stereocenters. The van der Waals surface area contributed by atoms with Gasteiger partial charge in [-0.05, 0) is 55.0 Å². The fourth-order valence-electron chi connectivity index (χ4n) is 4.46. The van der Waals surface area contributed by atoms with Crippen LogP contribution in [0.2, 0.25) is 0 Å². The smallest absolute Gasteiger partial charge is 0.228 e. The van der Waals surface area contributed by atoms with Gasteiger partial charge >= 0.3 is 0 Å². The highest BCUT2D eigenvalue weighted by Crippen LogP contribution is 2.33. The van der Waals surface area contributed by atoms with E-state index in [1.54, 1.807) is 0 Å². The molecule has 3 heterocycles. The lowest BCUT2D eigenvalue weighted by Gasteiger charge is -2.23. The predicted octanol–water partition coefficient (Wildman–Crippen LogP) is 4.50. The number of nitrogens with zero attached hydrogens (tertiary/aromatic N) is 4. The molecule has 144 valence electrons. The monoisotopic (exact) mass is 382 g/mol. The van der Waals surface area contributed by atoms with Crippen LogP contribution in [0.15, 0.2) is 48.7 Å². The van der Waals surface area contributed by atoms with Gasteiger partial charge in [-0.1, -0.05) is 24.3 Å². The van der Waals surface area contributed by atoms with Crippen LogP contribution in [0.25, 0.3) is 10.9 Å². The molecule has 6 rings (SSSR count). The molecule has 0 saturated heterocycles. The van der Waals surface area contributed by atoms with Gasteiger partial charge in [0.15, 0.2) is 0 Å². The highest BCUT2D eigenvalue weighted by atomic mass is 15.3. The molecule has 2 aromatic carbocycles. The van der Waals surface area contributed by atoms with Crippen LogP contribution in [0.3, 0.4) is 0 Å². The molecular weight excluding hydrogens is 360 g/mol. The Morgan fingerprint density at radius 3 is 2.62 bits per heavy atom. The lowest BCUT2D eigenvalue weighted by atomic mass is 9.96. The van der Waals surface area contributed by atoms with Gasteiger partial charge < -0.3 is 10.2 Å². The summed E-state index contributed by atoms with van der Waals surface area (Å²) < 4.78 is 0. The fraction of sp³-hybridized carbons (Fsp3) is 0.261. The van der Waals surface area contributed by atoms with E-state index in [1.165, 1.54) is 35.2 Å². The first kappa shape index (κ1) is 16.5. The molecule has 0 bridgehead atoms. The summed E-state index contributed by atoms with van der Waals surface area (Å²) in [4.78, 5) is 12.3. The largest absolute Gasteiger partial charge is 0.340 e. The molecule has 1 aliphatic carbocycles. The van der Waals surface area contributed by atoms with Crippen molar-refractivity contribution in [2.45, 2.75) is 38.8 Å². The first-order valence-electron chi connectivity index (χ1n) is 10.3. The van der Waals surface area contributed by atoms with E-state index in [0.29, 0.717) is 0 Å². The molecule has 0 amide bonds. The second-order valence-electron chi connectivity index (χ2n) is 7.93. The van der Waals surface area contributed by atoms with Gasteiger partial charge in [0, 0.05) is 29.7 Å². The number of benzene rings is 2. The summed E-state index contributed by atoms with van der Waals surface area (Å²) in [6.07, 6.45) is 6.31. The normalized spacial score (nSPS) is 15.4. The Bertz CT molecular complexity index is 1190. The Morgan fingerprint density at radius 1 is 0.931 bits per heavy atom. The number of aryl methyl sites for hydroxylation is 1. The number of nitrogens with one attached hydrogen (secondary N) is 2. The average Bonchev–Trinajstić information content (AvgIpc) is 3.40. The van der Waals surface area contributed by atoms with Crippen LogP contribution in [-0.2, 0) is 25.9 Å². The number of aromatic amines is 1. The maximum atomic E-state index is 4.99. The van der Waals surface area contributed by atoms with Gasteiger partial charge in [0.2, 0.25) is 5.95 Å². The third-order valence-electron chi connectivity index (χ3n) is 6.00. The third kappa shape index (κ3) is 2.92. The molecule has 0 radical (unpaired) electrons. The van der Waals surface area contributed by atoms with Crippen molar-refractivity contribution in [2.24, 2.45) is 0 Å². The van der Waals surface area contributed by atoms with E-state index >= 15 is 0 Å². The molecule has 0 spiro atoms. The lowest BCUT2D eigenvalue weighted by molar-refractivity contribution is 0.659. The molecule has 2 aromatic heterocycles. The molecule has 0 saturated carbocycles. The lowest BCUT2D eigenvalue weighted by Crippen LogP contribution is -2.21. The minimum Gasteiger partial charge on any atom is -0.340 e. The van der Waals surface area contributed by atoms with Crippen LogP contribution >= 0.6 is 0 Å². The summed E-state index contributed by atoms with van der Waals surface area (Å²) in [6, 6.07) is 14.9. The Balaban J connectivity index is 1.38. The van der Waals surface area contributed by atoms with Crippen molar-refractivity contribution in [1.29, 1.82) is 0 Å². The third-order valence-corrected chi connectivity index (χ3v) is 6.00. The second kappa shape index (κ2) is 6.58. The quantitative estimate of drug-likeness (QED) is 0.546. The number of hydrogen-bond donors (Lipinski definition) is 2. The Morgan fingerprint density at radius 2 is 1.76 bits per heavy atom. The summed E-state index contributed by atoms with van der Waals surface area (Å²) in [7, 11) is 0. The minimum atomic E-state index is 0.828. The Hall–Kier alpha value is -3.41. The van der Waals surface area contributed by atoms with Gasteiger partial charge in [-0.25, -0.2) is 4.98 Å². The van der Waals surface area contributed by atoms with Crippen LogP contribution < -0.4 is 10.2 Å². The Kier molecular flexibility index (Phi) is 3.75. The molecule has 1 aliphatic heterocycles. The van der Waals surface area contributed by atoms with Crippen LogP contribution in [-0.4, -0.2) is 20.2 Å². The molecule has 4 aromatic rings. The molecule has 0 atom stereocenters. The zero-order chi connectivity index (χ0) is 19.2. The van der Waals surface area contributed by atoms with E-state index in [4.69, 9.17) is 9.97 Å². The van der Waals surface area contributed by atoms with Crippen LogP contribution in [0.5, 0.6) is 0 Å². The second-order valence-corrected chi connectivity index (χ2v) is 7.93. The van der Waals surface area contributed by atoms with E-state index in [2.05, 4.69) is 62.9 Å². The van der Waals surface area contributed by atoms with Crippen molar-refractivity contribution in [1.82, 2.24) is 20.2 Å². The van der Waals surface area contributed by atoms with Crippen molar-refractivity contribution in [3.8, 4) is 0 Å². The van der Waals surface area contributed by atoms with Crippen molar-refractivity contribution < 1.29 is 0 Å². The predicted molar refractivity (Wildman–Crippen MR) is 114 cm³/mol. The minimum absolute atomic E-state index is 0.828. The molecule has 2 N–H and O–H groups in total. The SMILES string of the molecule is c1ccc2c(c1)CN(c1nc3c(c(Nc4ccc5[nH]ncc5c4)n1)CCCC3)C2. The van der Waals surface area contributed by atoms with Gasteiger partial charge in [0.1, 0.15) is 5.82 Å². The zero-order valence-electron chi connectivity index (χ0n) is 16.2. The summed E-state index contributed by atoms with van der Waals surface area (Å²) in [5, 5.41) is 11.8. The number of anilines is 3. The molecular formula is C23H22N6. The van der Waals surface area contributed by atoms with E-state index in [9.17, 15) is 0 Å². The van der Waals surface area contributed by atoms with E-state index < -0.39 is 0 Å². The maximum Gasteiger partial charge on any atom is 0.228 e. The van der Waals surface area contributed by atoms with Gasteiger partial charge in [0.25, 0.3) is 0 Å². The van der Waals surface area contributed by atoms with Crippen molar-refractivity contribution >= 4 is 28.4 Å². The van der Waals surface area contributed by atoms with Gasteiger partial charge in [0.05, 0.1) is 17.4 Å². The van der Waals surface area contributed by atoms with Crippen molar-refractivity contribution in [2.75, 3.05) is 10.2 Å². The van der Waals surface area contributed by atoms with Crippen LogP contribution in [0.4, 0.5) is 17.5 Å². The Labute approximate surface area is 169 Å². The number of hydrogen-bond acceptors (Lipinski definition) is 5. The average molecular weight is 382 g/mol. The van der Waals surface area contributed by atoms with Gasteiger partial charge in [-0.3, -0.25) is 5.10 Å². The summed E-state index contributed by atoms with van der Waals surface area (Å²) in [5.74, 6) is 1.78. The van der Waals surface area contributed by atoms with Gasteiger partial charge in [-0.2, -0.15) is 10.1 Å². The van der Waals surface area contributed by atoms with Crippen LogP contribution in [0, 0.1) is 0 Å². The maximum absolute atomic E-state index is 4.99. The van der Waals surface area contributed by atoms with Crippen molar-refractivity contribution in [3.05, 3.63) is 71.0 Å². The number of rotatable bonds is 3.